The summed E-state index contributed by atoms with van der Waals surface area (Å²) in [6.45, 7) is 6.78. The van der Waals surface area contributed by atoms with Crippen molar-refractivity contribution in [2.75, 3.05) is 47.1 Å². The van der Waals surface area contributed by atoms with Crippen molar-refractivity contribution in [2.24, 2.45) is 5.92 Å². The van der Waals surface area contributed by atoms with Gasteiger partial charge in [0, 0.05) is 50.9 Å². The Morgan fingerprint density at radius 2 is 2.00 bits per heavy atom. The van der Waals surface area contributed by atoms with Crippen LogP contribution in [0.3, 0.4) is 0 Å². The molecule has 9 nitrogen and oxygen atoms in total. The van der Waals surface area contributed by atoms with Gasteiger partial charge in [-0.3, -0.25) is 4.79 Å². The number of nitrogens with zero attached hydrogens (tertiary/aromatic N) is 1. The number of ether oxygens (including phenoxy) is 3. The maximum Gasteiger partial charge on any atom is 0.404 e. The van der Waals surface area contributed by atoms with E-state index in [1.165, 1.54) is 0 Å². The second kappa shape index (κ2) is 12.4. The Morgan fingerprint density at radius 3 is 2.65 bits per heavy atom. The summed E-state index contributed by atoms with van der Waals surface area (Å²) in [5, 5.41) is 14.7. The summed E-state index contributed by atoms with van der Waals surface area (Å²) < 4.78 is 16.2. The lowest BCUT2D eigenvalue weighted by atomic mass is 9.93. The molecular formula is C22H35N3O6. The van der Waals surface area contributed by atoms with Crippen molar-refractivity contribution in [3.8, 4) is 11.5 Å². The van der Waals surface area contributed by atoms with E-state index in [0.29, 0.717) is 43.4 Å². The van der Waals surface area contributed by atoms with E-state index in [4.69, 9.17) is 19.3 Å². The van der Waals surface area contributed by atoms with Crippen molar-refractivity contribution in [3.05, 3.63) is 23.8 Å². The molecule has 1 aliphatic rings. The molecule has 1 saturated heterocycles. The van der Waals surface area contributed by atoms with Gasteiger partial charge in [0.1, 0.15) is 0 Å². The van der Waals surface area contributed by atoms with Gasteiger partial charge < -0.3 is 34.9 Å². The Morgan fingerprint density at radius 1 is 1.23 bits per heavy atom. The lowest BCUT2D eigenvalue weighted by Crippen LogP contribution is -2.55. The van der Waals surface area contributed by atoms with Crippen LogP contribution in [-0.4, -0.2) is 81.2 Å². The first-order valence-corrected chi connectivity index (χ1v) is 10.7. The predicted molar refractivity (Wildman–Crippen MR) is 117 cm³/mol. The molecule has 9 heteroatoms. The van der Waals surface area contributed by atoms with E-state index >= 15 is 0 Å². The van der Waals surface area contributed by atoms with Gasteiger partial charge >= 0.3 is 6.09 Å². The SMILES string of the molecule is COCCCOc1cc(C(=O)N(C(C)C)[C@H]2CNC[C@@H](CNC(=O)O)C2)ccc1OC. The molecular weight excluding hydrogens is 402 g/mol. The van der Waals surface area contributed by atoms with Gasteiger partial charge in [-0.1, -0.05) is 0 Å². The first-order valence-electron chi connectivity index (χ1n) is 10.7. The molecule has 2 rings (SSSR count). The number of carboxylic acid groups (broad SMARTS) is 1. The highest BCUT2D eigenvalue weighted by Crippen LogP contribution is 2.30. The summed E-state index contributed by atoms with van der Waals surface area (Å²) in [5.41, 5.74) is 0.530. The minimum Gasteiger partial charge on any atom is -0.493 e. The van der Waals surface area contributed by atoms with Crippen molar-refractivity contribution >= 4 is 12.0 Å². The molecule has 1 aliphatic heterocycles. The molecule has 174 valence electrons. The molecule has 1 aromatic carbocycles. The smallest absolute Gasteiger partial charge is 0.404 e. The van der Waals surface area contributed by atoms with E-state index in [-0.39, 0.29) is 23.9 Å². The molecule has 0 unspecified atom stereocenters. The molecule has 1 aromatic rings. The van der Waals surface area contributed by atoms with Crippen LogP contribution in [0.1, 0.15) is 37.0 Å². The molecule has 0 aromatic heterocycles. The molecule has 2 atom stereocenters. The molecule has 0 aliphatic carbocycles. The molecule has 1 fully saturated rings. The van der Waals surface area contributed by atoms with Crippen LogP contribution >= 0.6 is 0 Å². The molecule has 31 heavy (non-hydrogen) atoms. The molecule has 0 bridgehead atoms. The van der Waals surface area contributed by atoms with E-state index in [1.807, 2.05) is 18.7 Å². The number of nitrogens with one attached hydrogen (secondary N) is 2. The van der Waals surface area contributed by atoms with Gasteiger partial charge in [0.15, 0.2) is 11.5 Å². The number of benzene rings is 1. The summed E-state index contributed by atoms with van der Waals surface area (Å²) in [6.07, 6.45) is 0.429. The average Bonchev–Trinajstić information content (AvgIpc) is 2.75. The van der Waals surface area contributed by atoms with Gasteiger partial charge in [0.2, 0.25) is 0 Å². The molecule has 0 spiro atoms. The van der Waals surface area contributed by atoms with Crippen LogP contribution in [0.4, 0.5) is 4.79 Å². The Kier molecular flexibility index (Phi) is 9.87. The maximum absolute atomic E-state index is 13.5. The Labute approximate surface area is 184 Å². The van der Waals surface area contributed by atoms with E-state index < -0.39 is 6.09 Å². The summed E-state index contributed by atoms with van der Waals surface area (Å²) in [6, 6.07) is 5.17. The number of methoxy groups -OCH3 is 2. The monoisotopic (exact) mass is 437 g/mol. The first kappa shape index (κ1) is 24.7. The van der Waals surface area contributed by atoms with Gasteiger partial charge in [-0.15, -0.1) is 0 Å². The number of hydrogen-bond donors (Lipinski definition) is 3. The molecule has 2 amide bonds. The highest BCUT2D eigenvalue weighted by Gasteiger charge is 2.32. The zero-order valence-corrected chi connectivity index (χ0v) is 18.8. The summed E-state index contributed by atoms with van der Waals surface area (Å²) >= 11 is 0. The van der Waals surface area contributed by atoms with Gasteiger partial charge in [-0.2, -0.15) is 0 Å². The van der Waals surface area contributed by atoms with Crippen molar-refractivity contribution in [2.45, 2.75) is 38.8 Å². The third-order valence-electron chi connectivity index (χ3n) is 5.31. The zero-order chi connectivity index (χ0) is 22.8. The average molecular weight is 438 g/mol. The van der Waals surface area contributed by atoms with Crippen LogP contribution in [-0.2, 0) is 4.74 Å². The minimum absolute atomic E-state index is 0.0151. The molecule has 0 saturated carbocycles. The van der Waals surface area contributed by atoms with Gasteiger partial charge in [-0.05, 0) is 50.9 Å². The standard InChI is InChI=1S/C22H35N3O6/c1-15(2)25(18-10-16(12-23-14-18)13-24-22(27)28)21(26)17-6-7-19(30-4)20(11-17)31-9-5-8-29-3/h6-7,11,15-16,18,23-24H,5,8-10,12-14H2,1-4H3,(H,27,28)/t16-,18+/m0/s1. The van der Waals surface area contributed by atoms with E-state index in [1.54, 1.807) is 32.4 Å². The number of amides is 2. The Balaban J connectivity index is 2.15. The summed E-state index contributed by atoms with van der Waals surface area (Å²) in [5.74, 6) is 1.14. The number of carbonyl (C=O) groups excluding carboxylic acids is 1. The highest BCUT2D eigenvalue weighted by molar-refractivity contribution is 5.95. The zero-order valence-electron chi connectivity index (χ0n) is 18.8. The van der Waals surface area contributed by atoms with E-state index in [0.717, 1.165) is 19.4 Å². The quantitative estimate of drug-likeness (QED) is 0.455. The van der Waals surface area contributed by atoms with Gasteiger partial charge in [0.25, 0.3) is 5.91 Å². The number of piperidine rings is 1. The van der Waals surface area contributed by atoms with Gasteiger partial charge in [-0.25, -0.2) is 4.79 Å². The lowest BCUT2D eigenvalue weighted by molar-refractivity contribution is 0.0536. The van der Waals surface area contributed by atoms with Crippen LogP contribution in [0.25, 0.3) is 0 Å². The third kappa shape index (κ3) is 7.29. The van der Waals surface area contributed by atoms with Crippen molar-refractivity contribution < 1.29 is 28.9 Å². The summed E-state index contributed by atoms with van der Waals surface area (Å²) in [4.78, 5) is 26.2. The topological polar surface area (TPSA) is 109 Å². The van der Waals surface area contributed by atoms with Crippen molar-refractivity contribution in [1.29, 1.82) is 0 Å². The van der Waals surface area contributed by atoms with Crippen LogP contribution < -0.4 is 20.1 Å². The second-order valence-corrected chi connectivity index (χ2v) is 7.97. The first-order chi connectivity index (χ1) is 14.9. The normalized spacial score (nSPS) is 18.5. The van der Waals surface area contributed by atoms with E-state index in [2.05, 4.69) is 10.6 Å². The lowest BCUT2D eigenvalue weighted by Gasteiger charge is -2.40. The number of rotatable bonds is 11. The van der Waals surface area contributed by atoms with Crippen LogP contribution in [0, 0.1) is 5.92 Å². The fourth-order valence-corrected chi connectivity index (χ4v) is 3.88. The number of carbonyl (C=O) groups is 2. The predicted octanol–water partition coefficient (Wildman–Crippen LogP) is 2.21. The Bertz CT molecular complexity index is 727. The summed E-state index contributed by atoms with van der Waals surface area (Å²) in [7, 11) is 3.21. The molecule has 0 radical (unpaired) electrons. The Hall–Kier alpha value is -2.52. The second-order valence-electron chi connectivity index (χ2n) is 7.97. The van der Waals surface area contributed by atoms with Crippen molar-refractivity contribution in [1.82, 2.24) is 15.5 Å². The fourth-order valence-electron chi connectivity index (χ4n) is 3.88. The van der Waals surface area contributed by atoms with E-state index in [9.17, 15) is 9.59 Å². The molecule has 1 heterocycles. The van der Waals surface area contributed by atoms with Gasteiger partial charge in [0.05, 0.1) is 13.7 Å². The van der Waals surface area contributed by atoms with Crippen LogP contribution in [0.5, 0.6) is 11.5 Å². The largest absolute Gasteiger partial charge is 0.493 e. The number of hydrogen-bond acceptors (Lipinski definition) is 6. The highest BCUT2D eigenvalue weighted by atomic mass is 16.5. The minimum atomic E-state index is -1.03. The fraction of sp³-hybridized carbons (Fsp3) is 0.636. The van der Waals surface area contributed by atoms with Crippen LogP contribution in [0.2, 0.25) is 0 Å². The maximum atomic E-state index is 13.5. The van der Waals surface area contributed by atoms with Crippen molar-refractivity contribution in [3.63, 3.8) is 0 Å². The van der Waals surface area contributed by atoms with Crippen LogP contribution in [0.15, 0.2) is 18.2 Å². The third-order valence-corrected chi connectivity index (χ3v) is 5.31. The molecule has 3 N–H and O–H groups in total.